The molecule has 2 aromatic heterocycles. The van der Waals surface area contributed by atoms with Gasteiger partial charge in [-0.25, -0.2) is 4.98 Å². The molecular weight excluding hydrogens is 372 g/mol. The lowest BCUT2D eigenvalue weighted by Gasteiger charge is -2.13. The first kappa shape index (κ1) is 20.2. The lowest BCUT2D eigenvalue weighted by Crippen LogP contribution is -2.08. The number of aryl methyl sites for hydroxylation is 1. The minimum Gasteiger partial charge on any atom is -0.457 e. The summed E-state index contributed by atoms with van der Waals surface area (Å²) in [5, 5.41) is 4.44. The van der Waals surface area contributed by atoms with E-state index < -0.39 is 0 Å². The Labute approximate surface area is 178 Å². The van der Waals surface area contributed by atoms with Crippen LogP contribution in [0.3, 0.4) is 0 Å². The SMILES string of the molecule is CCCc1nc2cnc3cc(Oc4cccc(NCC)c4)ccc3c2n1CC(C)C. The first-order valence-electron chi connectivity index (χ1n) is 10.9. The predicted molar refractivity (Wildman–Crippen MR) is 125 cm³/mol. The van der Waals surface area contributed by atoms with E-state index in [1.807, 2.05) is 42.6 Å². The van der Waals surface area contributed by atoms with E-state index in [2.05, 4.69) is 48.6 Å². The van der Waals surface area contributed by atoms with Crippen molar-refractivity contribution in [2.24, 2.45) is 5.92 Å². The van der Waals surface area contributed by atoms with Gasteiger partial charge in [0.1, 0.15) is 22.8 Å². The first-order chi connectivity index (χ1) is 14.6. The molecule has 0 unspecified atom stereocenters. The molecule has 156 valence electrons. The molecule has 2 aromatic carbocycles. The molecule has 0 aliphatic rings. The highest BCUT2D eigenvalue weighted by Crippen LogP contribution is 2.31. The van der Waals surface area contributed by atoms with E-state index >= 15 is 0 Å². The fourth-order valence-electron chi connectivity index (χ4n) is 3.89. The van der Waals surface area contributed by atoms with Crippen LogP contribution in [0.25, 0.3) is 21.9 Å². The maximum absolute atomic E-state index is 6.12. The van der Waals surface area contributed by atoms with Crippen molar-refractivity contribution in [1.29, 1.82) is 0 Å². The van der Waals surface area contributed by atoms with Crippen LogP contribution in [0, 0.1) is 5.92 Å². The van der Waals surface area contributed by atoms with Crippen molar-refractivity contribution in [2.45, 2.75) is 47.1 Å². The summed E-state index contributed by atoms with van der Waals surface area (Å²) in [4.78, 5) is 9.57. The van der Waals surface area contributed by atoms with E-state index in [4.69, 9.17) is 9.72 Å². The number of nitrogens with zero attached hydrogens (tertiary/aromatic N) is 3. The minimum atomic E-state index is 0.549. The smallest absolute Gasteiger partial charge is 0.129 e. The van der Waals surface area contributed by atoms with Crippen molar-refractivity contribution in [2.75, 3.05) is 11.9 Å². The third kappa shape index (κ3) is 4.11. The van der Waals surface area contributed by atoms with Gasteiger partial charge in [-0.15, -0.1) is 0 Å². The van der Waals surface area contributed by atoms with E-state index in [-0.39, 0.29) is 0 Å². The van der Waals surface area contributed by atoms with E-state index in [1.54, 1.807) is 0 Å². The highest BCUT2D eigenvalue weighted by atomic mass is 16.5. The number of aromatic nitrogens is 3. The van der Waals surface area contributed by atoms with Crippen LogP contribution in [-0.4, -0.2) is 21.1 Å². The Balaban J connectivity index is 1.74. The van der Waals surface area contributed by atoms with Gasteiger partial charge in [-0.1, -0.05) is 26.8 Å². The van der Waals surface area contributed by atoms with Crippen molar-refractivity contribution in [1.82, 2.24) is 14.5 Å². The Morgan fingerprint density at radius 1 is 1.03 bits per heavy atom. The molecule has 4 rings (SSSR count). The first-order valence-corrected chi connectivity index (χ1v) is 10.9. The highest BCUT2D eigenvalue weighted by Gasteiger charge is 2.15. The Hall–Kier alpha value is -3.08. The molecular formula is C25H30N4O. The van der Waals surface area contributed by atoms with Crippen molar-refractivity contribution >= 4 is 27.6 Å². The largest absolute Gasteiger partial charge is 0.457 e. The molecule has 4 aromatic rings. The summed E-state index contributed by atoms with van der Waals surface area (Å²) in [7, 11) is 0. The average molecular weight is 403 g/mol. The quantitative estimate of drug-likeness (QED) is 0.370. The van der Waals surface area contributed by atoms with Crippen molar-refractivity contribution in [3.63, 3.8) is 0 Å². The standard InChI is InChI=1S/C25H30N4O/c1-5-8-24-28-23-15-27-22-14-20(30-19-10-7-9-18(13-19)26-6-2)11-12-21(22)25(23)29(24)16-17(3)4/h7,9-15,17,26H,5-6,8,16H2,1-4H3. The van der Waals surface area contributed by atoms with Gasteiger partial charge >= 0.3 is 0 Å². The van der Waals surface area contributed by atoms with Crippen molar-refractivity contribution in [3.05, 3.63) is 54.5 Å². The zero-order valence-corrected chi connectivity index (χ0v) is 18.3. The number of pyridine rings is 1. The van der Waals surface area contributed by atoms with Crippen LogP contribution in [0.15, 0.2) is 48.7 Å². The third-order valence-corrected chi connectivity index (χ3v) is 5.10. The van der Waals surface area contributed by atoms with Gasteiger partial charge < -0.3 is 14.6 Å². The van der Waals surface area contributed by atoms with Gasteiger partial charge in [0.15, 0.2) is 0 Å². The van der Waals surface area contributed by atoms with Gasteiger partial charge in [-0.05, 0) is 43.5 Å². The van der Waals surface area contributed by atoms with Crippen LogP contribution in [-0.2, 0) is 13.0 Å². The molecule has 0 radical (unpaired) electrons. The van der Waals surface area contributed by atoms with Crippen LogP contribution in [0.5, 0.6) is 11.5 Å². The van der Waals surface area contributed by atoms with Crippen molar-refractivity contribution < 1.29 is 4.74 Å². The van der Waals surface area contributed by atoms with Crippen molar-refractivity contribution in [3.8, 4) is 11.5 Å². The lowest BCUT2D eigenvalue weighted by atomic mass is 10.1. The fourth-order valence-corrected chi connectivity index (χ4v) is 3.89. The number of imidazole rings is 1. The summed E-state index contributed by atoms with van der Waals surface area (Å²) in [6.07, 6.45) is 3.95. The zero-order chi connectivity index (χ0) is 21.1. The number of anilines is 1. The predicted octanol–water partition coefficient (Wildman–Crippen LogP) is 6.42. The Morgan fingerprint density at radius 2 is 1.87 bits per heavy atom. The van der Waals surface area contributed by atoms with Gasteiger partial charge in [0.2, 0.25) is 0 Å². The Kier molecular flexibility index (Phi) is 5.88. The minimum absolute atomic E-state index is 0.549. The highest BCUT2D eigenvalue weighted by molar-refractivity contribution is 6.02. The summed E-state index contributed by atoms with van der Waals surface area (Å²) >= 11 is 0. The van der Waals surface area contributed by atoms with Crippen LogP contribution >= 0.6 is 0 Å². The number of hydrogen-bond acceptors (Lipinski definition) is 4. The number of benzene rings is 2. The van der Waals surface area contributed by atoms with Crippen LogP contribution < -0.4 is 10.1 Å². The molecule has 0 amide bonds. The summed E-state index contributed by atoms with van der Waals surface area (Å²) in [6, 6.07) is 14.2. The van der Waals surface area contributed by atoms with Crippen LogP contribution in [0.4, 0.5) is 5.69 Å². The van der Waals surface area contributed by atoms with E-state index in [0.29, 0.717) is 5.92 Å². The van der Waals surface area contributed by atoms with Gasteiger partial charge in [-0.2, -0.15) is 0 Å². The maximum Gasteiger partial charge on any atom is 0.129 e. The van der Waals surface area contributed by atoms with Crippen LogP contribution in [0.1, 0.15) is 39.9 Å². The average Bonchev–Trinajstić information content (AvgIpc) is 3.06. The normalized spacial score (nSPS) is 11.5. The monoisotopic (exact) mass is 402 g/mol. The number of hydrogen-bond donors (Lipinski definition) is 1. The number of ether oxygens (including phenoxy) is 1. The molecule has 0 aliphatic heterocycles. The van der Waals surface area contributed by atoms with Gasteiger partial charge in [-0.3, -0.25) is 4.98 Å². The molecule has 0 aliphatic carbocycles. The molecule has 5 heteroatoms. The second-order valence-electron chi connectivity index (χ2n) is 8.11. The Morgan fingerprint density at radius 3 is 2.63 bits per heavy atom. The molecule has 5 nitrogen and oxygen atoms in total. The second-order valence-corrected chi connectivity index (χ2v) is 8.11. The molecule has 0 fully saturated rings. The maximum atomic E-state index is 6.12. The topological polar surface area (TPSA) is 52.0 Å². The van der Waals surface area contributed by atoms with Gasteiger partial charge in [0, 0.05) is 42.7 Å². The van der Waals surface area contributed by atoms with Gasteiger partial charge in [0.05, 0.1) is 17.2 Å². The zero-order valence-electron chi connectivity index (χ0n) is 18.3. The Bertz CT molecular complexity index is 1160. The second kappa shape index (κ2) is 8.74. The molecule has 0 bridgehead atoms. The third-order valence-electron chi connectivity index (χ3n) is 5.10. The van der Waals surface area contributed by atoms with Crippen LogP contribution in [0.2, 0.25) is 0 Å². The molecule has 0 saturated heterocycles. The van der Waals surface area contributed by atoms with E-state index in [9.17, 15) is 0 Å². The van der Waals surface area contributed by atoms with E-state index in [1.165, 1.54) is 5.52 Å². The molecule has 30 heavy (non-hydrogen) atoms. The summed E-state index contributed by atoms with van der Waals surface area (Å²) in [5.41, 5.74) is 4.13. The summed E-state index contributed by atoms with van der Waals surface area (Å²) in [6.45, 7) is 10.6. The number of fused-ring (bicyclic) bond motifs is 3. The summed E-state index contributed by atoms with van der Waals surface area (Å²) in [5.74, 6) is 3.29. The number of nitrogens with one attached hydrogen (secondary N) is 1. The number of rotatable bonds is 8. The van der Waals surface area contributed by atoms with E-state index in [0.717, 1.165) is 65.4 Å². The molecule has 2 heterocycles. The fraction of sp³-hybridized carbons (Fsp3) is 0.360. The molecule has 0 saturated carbocycles. The molecule has 1 N–H and O–H groups in total. The molecule has 0 atom stereocenters. The molecule has 0 spiro atoms. The summed E-state index contributed by atoms with van der Waals surface area (Å²) < 4.78 is 8.50. The van der Waals surface area contributed by atoms with Gasteiger partial charge in [0.25, 0.3) is 0 Å². The lowest BCUT2D eigenvalue weighted by molar-refractivity contribution is 0.483.